The number of nitrogen functional groups attached to an aromatic ring is 1. The van der Waals surface area contributed by atoms with Crippen molar-refractivity contribution in [3.8, 4) is 11.5 Å². The third-order valence-corrected chi connectivity index (χ3v) is 10.1. The molecule has 4 atom stereocenters. The number of aliphatic hydroxyl groups is 1. The fraction of sp³-hybridized carbons (Fsp3) is 0.320. The number of thiazole rings is 1. The summed E-state index contributed by atoms with van der Waals surface area (Å²) in [6.07, 6.45) is -1.85. The number of aliphatic hydroxyl groups excluding tert-OH is 1. The van der Waals surface area contributed by atoms with Gasteiger partial charge in [0, 0.05) is 11.9 Å². The number of aromatic hydroxyl groups is 2. The number of carboxylic acid groups (broad SMARTS) is 2. The van der Waals surface area contributed by atoms with E-state index in [2.05, 4.69) is 20.9 Å². The lowest BCUT2D eigenvalue weighted by Crippen LogP contribution is -2.68. The smallest absolute Gasteiger partial charge is 0.350 e. The number of anilines is 1. The predicted molar refractivity (Wildman–Crippen MR) is 164 cm³/mol. The summed E-state index contributed by atoms with van der Waals surface area (Å²) in [6.45, 7) is -2.10. The number of hydrogen-bond donors (Lipinski definition) is 8. The number of phenolic OH excluding ortho intramolecular Hbond substituents is 2. The number of ketones is 1. The normalized spacial score (nSPS) is 22.3. The molecule has 0 radical (unpaired) electrons. The number of hydrogen-bond acceptors (Lipinski definition) is 16. The van der Waals surface area contributed by atoms with Crippen molar-refractivity contribution >= 4 is 87.0 Å². The summed E-state index contributed by atoms with van der Waals surface area (Å²) >= 11 is 7.40. The van der Waals surface area contributed by atoms with E-state index in [9.17, 15) is 54.0 Å². The van der Waals surface area contributed by atoms with Crippen LogP contribution in [0.3, 0.4) is 0 Å². The Kier molecular flexibility index (Phi) is 9.45. The van der Waals surface area contributed by atoms with Crippen molar-refractivity contribution in [2.45, 2.75) is 22.4 Å². The molecule has 24 heteroatoms. The zero-order chi connectivity index (χ0) is 35.9. The minimum atomic E-state index is -2.11. The number of nitrogens with zero attached hydrogens (tertiary/aromatic N) is 5. The summed E-state index contributed by atoms with van der Waals surface area (Å²) in [7, 11) is 0. The number of benzene rings is 1. The summed E-state index contributed by atoms with van der Waals surface area (Å²) in [5.74, 6) is -9.10. The zero-order valence-electron chi connectivity index (χ0n) is 24.3. The average Bonchev–Trinajstić information content (AvgIpc) is 3.76. The molecule has 1 aromatic heterocycles. The number of halogens is 1. The molecule has 9 N–H and O–H groups in total. The fourth-order valence-corrected chi connectivity index (χ4v) is 7.32. The van der Waals surface area contributed by atoms with E-state index in [4.69, 9.17) is 27.3 Å². The average molecular weight is 743 g/mol. The highest BCUT2D eigenvalue weighted by atomic mass is 35.5. The first-order valence-corrected chi connectivity index (χ1v) is 15.7. The van der Waals surface area contributed by atoms with E-state index >= 15 is 0 Å². The van der Waals surface area contributed by atoms with Crippen LogP contribution >= 0.6 is 34.7 Å². The van der Waals surface area contributed by atoms with Crippen LogP contribution in [0.25, 0.3) is 0 Å². The summed E-state index contributed by atoms with van der Waals surface area (Å²) < 4.78 is 0. The van der Waals surface area contributed by atoms with Gasteiger partial charge in [-0.15, -0.1) is 11.3 Å². The number of nitrogens with two attached hydrogens (primary N) is 1. The highest BCUT2D eigenvalue weighted by Crippen LogP contribution is 2.49. The van der Waals surface area contributed by atoms with Crippen molar-refractivity contribution in [2.24, 2.45) is 5.16 Å². The predicted octanol–water partition coefficient (Wildman–Crippen LogP) is -2.21. The lowest BCUT2D eigenvalue weighted by atomic mass is 10.1. The van der Waals surface area contributed by atoms with Gasteiger partial charge >= 0.3 is 23.9 Å². The van der Waals surface area contributed by atoms with Crippen LogP contribution in [0.2, 0.25) is 5.02 Å². The van der Waals surface area contributed by atoms with Crippen LogP contribution in [0, 0.1) is 0 Å². The summed E-state index contributed by atoms with van der Waals surface area (Å²) in [6, 6.07) is -0.513. The summed E-state index contributed by atoms with van der Waals surface area (Å²) in [5, 5.41) is 54.1. The van der Waals surface area contributed by atoms with Crippen molar-refractivity contribution in [3.63, 3.8) is 0 Å². The second-order valence-electron chi connectivity index (χ2n) is 10.3. The van der Waals surface area contributed by atoms with Crippen molar-refractivity contribution in [3.05, 3.63) is 33.8 Å². The van der Waals surface area contributed by atoms with Gasteiger partial charge in [-0.25, -0.2) is 24.4 Å². The molecule has 0 spiro atoms. The number of urea groups is 1. The molecule has 2 aromatic rings. The van der Waals surface area contributed by atoms with Gasteiger partial charge in [0.05, 0.1) is 30.3 Å². The topological polar surface area (TPSA) is 315 Å². The molecule has 3 saturated heterocycles. The van der Waals surface area contributed by atoms with Crippen LogP contribution in [0.1, 0.15) is 16.1 Å². The van der Waals surface area contributed by atoms with Crippen molar-refractivity contribution in [2.75, 3.05) is 32.0 Å². The molecule has 21 nitrogen and oxygen atoms in total. The minimum absolute atomic E-state index is 0.00394. The minimum Gasteiger partial charge on any atom is -0.504 e. The number of phenols is 2. The van der Waals surface area contributed by atoms with Crippen LogP contribution < -0.4 is 16.5 Å². The van der Waals surface area contributed by atoms with Gasteiger partial charge in [0.2, 0.25) is 16.9 Å². The monoisotopic (exact) mass is 742 g/mol. The van der Waals surface area contributed by atoms with Crippen molar-refractivity contribution < 1.29 is 63.9 Å². The maximum atomic E-state index is 13.4. The number of β-lactam (4-membered cyclic amide) rings is 1. The Morgan fingerprint density at radius 1 is 1.16 bits per heavy atom. The van der Waals surface area contributed by atoms with Gasteiger partial charge in [0.15, 0.2) is 22.3 Å². The van der Waals surface area contributed by atoms with E-state index in [-0.39, 0.29) is 23.9 Å². The number of hydrazine groups is 1. The SMILES string of the molecule is Nc1nc(/C(=N/OC(CO)C(=O)O)C(=O)N[C@@H]2C(=O)N3C[C@@](C(=O)O)(N4CCN(NC(=O)C(=O)c5ccc(O)c(O)c5Cl)C4=O)S[C@H]23)cs1. The number of aromatic nitrogens is 1. The Hall–Kier alpha value is -5.39. The Morgan fingerprint density at radius 3 is 2.49 bits per heavy atom. The largest absolute Gasteiger partial charge is 0.504 e. The maximum Gasteiger partial charge on any atom is 0.350 e. The number of rotatable bonds is 12. The maximum absolute atomic E-state index is 13.4. The number of thioether (sulfide) groups is 1. The van der Waals surface area contributed by atoms with E-state index in [1.54, 1.807) is 0 Å². The van der Waals surface area contributed by atoms with Crippen LogP contribution in [0.15, 0.2) is 22.7 Å². The van der Waals surface area contributed by atoms with E-state index in [1.807, 2.05) is 0 Å². The molecular weight excluding hydrogens is 720 g/mol. The van der Waals surface area contributed by atoms with Gasteiger partial charge in [0.25, 0.3) is 11.7 Å². The van der Waals surface area contributed by atoms with Crippen LogP contribution in [0.4, 0.5) is 9.93 Å². The number of carbonyl (C=O) groups is 7. The zero-order valence-corrected chi connectivity index (χ0v) is 26.7. The lowest BCUT2D eigenvalue weighted by molar-refractivity contribution is -0.153. The molecule has 3 aliphatic rings. The molecule has 1 aromatic carbocycles. The Labute approximate surface area is 285 Å². The molecule has 0 saturated carbocycles. The molecule has 4 heterocycles. The van der Waals surface area contributed by atoms with Crippen LogP contribution in [-0.4, -0.2) is 141 Å². The Bertz CT molecular complexity index is 1820. The van der Waals surface area contributed by atoms with E-state index < -0.39 is 105 Å². The molecular formula is C25H23ClN8O13S2. The molecule has 260 valence electrons. The Balaban J connectivity index is 1.30. The lowest BCUT2D eigenvalue weighted by Gasteiger charge is -2.41. The first-order valence-electron chi connectivity index (χ1n) is 13.6. The van der Waals surface area contributed by atoms with Crippen molar-refractivity contribution in [1.29, 1.82) is 0 Å². The number of oxime groups is 1. The van der Waals surface area contributed by atoms with Gasteiger partial charge in [-0.1, -0.05) is 28.5 Å². The third kappa shape index (κ3) is 6.18. The van der Waals surface area contributed by atoms with E-state index in [0.29, 0.717) is 16.8 Å². The van der Waals surface area contributed by atoms with Crippen LogP contribution in [0.5, 0.6) is 11.5 Å². The van der Waals surface area contributed by atoms with E-state index in [1.165, 1.54) is 5.38 Å². The highest BCUT2D eigenvalue weighted by molar-refractivity contribution is 8.02. The first kappa shape index (κ1) is 34.9. The van der Waals surface area contributed by atoms with Gasteiger partial charge < -0.3 is 46.3 Å². The molecule has 3 fully saturated rings. The molecule has 49 heavy (non-hydrogen) atoms. The van der Waals surface area contributed by atoms with E-state index in [0.717, 1.165) is 33.3 Å². The number of amides is 5. The first-order chi connectivity index (χ1) is 23.1. The number of carboxylic acids is 2. The van der Waals surface area contributed by atoms with Crippen LogP contribution in [-0.2, 0) is 28.8 Å². The molecule has 5 amide bonds. The third-order valence-electron chi connectivity index (χ3n) is 7.38. The standard InChI is InChI=1S/C25H23ClN8O13S2/c26-12-8(1-2-10(36)16(12)38)15(37)18(40)30-34-4-3-33(24(34)46)25(22(44)45)7-32-19(41)14(20(32)49-25)29-17(39)13(9-6-48-23(27)28-9)31-47-11(5-35)21(42)43/h1-2,6,11,14,20,35-36,38H,3-5,7H2,(H2,27,28)(H,29,39)(H,30,40)(H,42,43)(H,44,45)/b31-13-/t11?,14-,20-,25-/m1/s1. The number of fused-ring (bicyclic) bond motifs is 1. The number of nitrogens with one attached hydrogen (secondary N) is 2. The summed E-state index contributed by atoms with van der Waals surface area (Å²) in [5.41, 5.74) is 6.44. The number of Topliss-reactive ketones (excluding diaryl/α,β-unsaturated/α-hetero) is 1. The fourth-order valence-electron chi connectivity index (χ4n) is 4.89. The number of carbonyl (C=O) groups excluding carboxylic acids is 5. The molecule has 0 bridgehead atoms. The van der Waals surface area contributed by atoms with Gasteiger partial charge in [0.1, 0.15) is 17.1 Å². The molecule has 5 rings (SSSR count). The molecule has 3 aliphatic heterocycles. The molecule has 1 unspecified atom stereocenters. The van der Waals surface area contributed by atoms with Gasteiger partial charge in [-0.2, -0.15) is 0 Å². The highest BCUT2D eigenvalue weighted by Gasteiger charge is 2.66. The second-order valence-corrected chi connectivity index (χ2v) is 13.0. The second kappa shape index (κ2) is 13.3. The number of aliphatic carboxylic acids is 2. The van der Waals surface area contributed by atoms with Crippen molar-refractivity contribution in [1.82, 2.24) is 30.5 Å². The Morgan fingerprint density at radius 2 is 1.88 bits per heavy atom. The summed E-state index contributed by atoms with van der Waals surface area (Å²) in [4.78, 5) is 97.5. The van der Waals surface area contributed by atoms with Gasteiger partial charge in [-0.05, 0) is 12.1 Å². The van der Waals surface area contributed by atoms with Gasteiger partial charge in [-0.3, -0.25) is 29.5 Å². The quantitative estimate of drug-likeness (QED) is 0.0285. The molecule has 0 aliphatic carbocycles.